The van der Waals surface area contributed by atoms with Crippen molar-refractivity contribution in [2.75, 3.05) is 31.1 Å². The number of nitrogens with one attached hydrogen (secondary N) is 2. The third-order valence-corrected chi connectivity index (χ3v) is 4.61. The standard InChI is InChI=1S/C12H22N2OS.ClH/c15-12(7-11-1-4-13-8-11)14-9-10-2-5-16-6-3-10;/h10-11,13H,1-9H2,(H,14,15);1H. The van der Waals surface area contributed by atoms with Crippen LogP contribution in [0, 0.1) is 11.8 Å². The molecule has 3 nitrogen and oxygen atoms in total. The molecule has 1 atom stereocenters. The summed E-state index contributed by atoms with van der Waals surface area (Å²) < 4.78 is 0. The SMILES string of the molecule is Cl.O=C(CC1CCNC1)NCC1CCSCC1. The predicted octanol–water partition coefficient (Wildman–Crippen LogP) is 1.67. The first kappa shape index (κ1) is 15.1. The summed E-state index contributed by atoms with van der Waals surface area (Å²) >= 11 is 2.04. The van der Waals surface area contributed by atoms with E-state index in [4.69, 9.17) is 0 Å². The lowest BCUT2D eigenvalue weighted by molar-refractivity contribution is -0.122. The van der Waals surface area contributed by atoms with E-state index in [1.54, 1.807) is 0 Å². The van der Waals surface area contributed by atoms with Crippen LogP contribution in [0.4, 0.5) is 0 Å². The zero-order valence-corrected chi connectivity index (χ0v) is 11.9. The Hall–Kier alpha value is 0.0700. The first-order valence-electron chi connectivity index (χ1n) is 6.40. The van der Waals surface area contributed by atoms with Crippen LogP contribution in [-0.4, -0.2) is 37.0 Å². The molecule has 100 valence electrons. The average molecular weight is 279 g/mol. The molecule has 2 N–H and O–H groups in total. The van der Waals surface area contributed by atoms with E-state index in [1.807, 2.05) is 11.8 Å². The summed E-state index contributed by atoms with van der Waals surface area (Å²) in [5, 5.41) is 6.40. The van der Waals surface area contributed by atoms with Gasteiger partial charge in [-0.05, 0) is 55.7 Å². The highest BCUT2D eigenvalue weighted by molar-refractivity contribution is 7.99. The van der Waals surface area contributed by atoms with Gasteiger partial charge in [-0.15, -0.1) is 12.4 Å². The van der Waals surface area contributed by atoms with Crippen LogP contribution in [0.1, 0.15) is 25.7 Å². The zero-order chi connectivity index (χ0) is 11.2. The molecule has 0 aromatic heterocycles. The molecule has 1 unspecified atom stereocenters. The first-order chi connectivity index (χ1) is 7.84. The lowest BCUT2D eigenvalue weighted by Crippen LogP contribution is -2.32. The van der Waals surface area contributed by atoms with Crippen molar-refractivity contribution >= 4 is 30.1 Å². The molecule has 2 aliphatic heterocycles. The minimum atomic E-state index is 0. The van der Waals surface area contributed by atoms with Crippen molar-refractivity contribution in [2.45, 2.75) is 25.7 Å². The van der Waals surface area contributed by atoms with Crippen LogP contribution in [0.25, 0.3) is 0 Å². The van der Waals surface area contributed by atoms with Gasteiger partial charge >= 0.3 is 0 Å². The number of amides is 1. The van der Waals surface area contributed by atoms with Crippen LogP contribution in [0.2, 0.25) is 0 Å². The van der Waals surface area contributed by atoms with Crippen LogP contribution >= 0.6 is 24.2 Å². The molecule has 0 aliphatic carbocycles. The summed E-state index contributed by atoms with van der Waals surface area (Å²) in [6.45, 7) is 3.00. The molecule has 2 rings (SSSR count). The Balaban J connectivity index is 0.00000144. The normalized spacial score (nSPS) is 25.3. The second-order valence-corrected chi connectivity index (χ2v) is 6.15. The van der Waals surface area contributed by atoms with E-state index in [1.165, 1.54) is 24.3 Å². The Morgan fingerprint density at radius 2 is 2.00 bits per heavy atom. The Kier molecular flexibility index (Phi) is 7.32. The number of carbonyl (C=O) groups excluding carboxylic acids is 1. The molecule has 17 heavy (non-hydrogen) atoms. The fourth-order valence-corrected chi connectivity index (χ4v) is 3.64. The molecular weight excluding hydrogens is 256 g/mol. The quantitative estimate of drug-likeness (QED) is 0.822. The molecular formula is C12H23ClN2OS. The van der Waals surface area contributed by atoms with Crippen LogP contribution < -0.4 is 10.6 Å². The highest BCUT2D eigenvalue weighted by atomic mass is 35.5. The van der Waals surface area contributed by atoms with Crippen molar-refractivity contribution in [3.05, 3.63) is 0 Å². The molecule has 0 bridgehead atoms. The number of thioether (sulfide) groups is 1. The second-order valence-electron chi connectivity index (χ2n) is 4.92. The monoisotopic (exact) mass is 278 g/mol. The van der Waals surface area contributed by atoms with E-state index in [0.29, 0.717) is 12.3 Å². The molecule has 0 aromatic carbocycles. The van der Waals surface area contributed by atoms with Gasteiger partial charge in [0.25, 0.3) is 0 Å². The van der Waals surface area contributed by atoms with E-state index in [0.717, 1.165) is 32.0 Å². The number of halogens is 1. The van der Waals surface area contributed by atoms with Gasteiger partial charge in [-0.3, -0.25) is 4.79 Å². The van der Waals surface area contributed by atoms with E-state index in [-0.39, 0.29) is 18.3 Å². The lowest BCUT2D eigenvalue weighted by atomic mass is 10.0. The highest BCUT2D eigenvalue weighted by Crippen LogP contribution is 2.22. The molecule has 5 heteroatoms. The van der Waals surface area contributed by atoms with Gasteiger partial charge < -0.3 is 10.6 Å². The van der Waals surface area contributed by atoms with Crippen molar-refractivity contribution in [1.82, 2.24) is 10.6 Å². The first-order valence-corrected chi connectivity index (χ1v) is 7.55. The Morgan fingerprint density at radius 1 is 1.24 bits per heavy atom. The van der Waals surface area contributed by atoms with Gasteiger partial charge in [0.1, 0.15) is 0 Å². The Bertz CT molecular complexity index is 229. The molecule has 2 fully saturated rings. The molecule has 0 saturated carbocycles. The fraction of sp³-hybridized carbons (Fsp3) is 0.917. The highest BCUT2D eigenvalue weighted by Gasteiger charge is 2.19. The third kappa shape index (κ3) is 5.49. The zero-order valence-electron chi connectivity index (χ0n) is 10.2. The molecule has 1 amide bonds. The van der Waals surface area contributed by atoms with Crippen LogP contribution in [0.3, 0.4) is 0 Å². The van der Waals surface area contributed by atoms with Crippen LogP contribution in [-0.2, 0) is 4.79 Å². The van der Waals surface area contributed by atoms with Crippen LogP contribution in [0.5, 0.6) is 0 Å². The molecule has 2 saturated heterocycles. The van der Waals surface area contributed by atoms with Gasteiger partial charge in [0.05, 0.1) is 0 Å². The second kappa shape index (κ2) is 8.22. The smallest absolute Gasteiger partial charge is 0.220 e. The number of hydrogen-bond donors (Lipinski definition) is 2. The minimum Gasteiger partial charge on any atom is -0.356 e. The Labute approximate surface area is 114 Å². The van der Waals surface area contributed by atoms with Crippen molar-refractivity contribution in [3.8, 4) is 0 Å². The van der Waals surface area contributed by atoms with Gasteiger partial charge in [0, 0.05) is 13.0 Å². The van der Waals surface area contributed by atoms with Gasteiger partial charge in [-0.1, -0.05) is 0 Å². The summed E-state index contributed by atoms with van der Waals surface area (Å²) in [6.07, 6.45) is 4.42. The maximum absolute atomic E-state index is 11.7. The van der Waals surface area contributed by atoms with Crippen LogP contribution in [0.15, 0.2) is 0 Å². The fourth-order valence-electron chi connectivity index (χ4n) is 2.43. The summed E-state index contributed by atoms with van der Waals surface area (Å²) in [4.78, 5) is 11.7. The van der Waals surface area contributed by atoms with Crippen molar-refractivity contribution in [2.24, 2.45) is 11.8 Å². The molecule has 0 spiro atoms. The number of carbonyl (C=O) groups is 1. The summed E-state index contributed by atoms with van der Waals surface area (Å²) in [5.74, 6) is 4.10. The largest absolute Gasteiger partial charge is 0.356 e. The van der Waals surface area contributed by atoms with E-state index >= 15 is 0 Å². The predicted molar refractivity (Wildman–Crippen MR) is 75.9 cm³/mol. The van der Waals surface area contributed by atoms with E-state index in [9.17, 15) is 4.79 Å². The molecule has 2 heterocycles. The average Bonchev–Trinajstić information content (AvgIpc) is 2.81. The Morgan fingerprint density at radius 3 is 2.65 bits per heavy atom. The summed E-state index contributed by atoms with van der Waals surface area (Å²) in [5.41, 5.74) is 0. The molecule has 0 radical (unpaired) electrons. The number of hydrogen-bond acceptors (Lipinski definition) is 3. The van der Waals surface area contributed by atoms with Crippen molar-refractivity contribution in [3.63, 3.8) is 0 Å². The van der Waals surface area contributed by atoms with Gasteiger partial charge in [0.15, 0.2) is 0 Å². The lowest BCUT2D eigenvalue weighted by Gasteiger charge is -2.21. The van der Waals surface area contributed by atoms with E-state index in [2.05, 4.69) is 10.6 Å². The summed E-state index contributed by atoms with van der Waals surface area (Å²) in [6, 6.07) is 0. The van der Waals surface area contributed by atoms with Gasteiger partial charge in [-0.2, -0.15) is 11.8 Å². The maximum Gasteiger partial charge on any atom is 0.220 e. The van der Waals surface area contributed by atoms with Crippen molar-refractivity contribution < 1.29 is 4.79 Å². The molecule has 0 aromatic rings. The maximum atomic E-state index is 11.7. The third-order valence-electron chi connectivity index (χ3n) is 3.57. The minimum absolute atomic E-state index is 0. The van der Waals surface area contributed by atoms with Crippen molar-refractivity contribution in [1.29, 1.82) is 0 Å². The van der Waals surface area contributed by atoms with Gasteiger partial charge in [0.2, 0.25) is 5.91 Å². The van der Waals surface area contributed by atoms with Gasteiger partial charge in [-0.25, -0.2) is 0 Å². The topological polar surface area (TPSA) is 41.1 Å². The molecule has 2 aliphatic rings. The number of rotatable bonds is 4. The van der Waals surface area contributed by atoms with E-state index < -0.39 is 0 Å². The summed E-state index contributed by atoms with van der Waals surface area (Å²) in [7, 11) is 0.